The van der Waals surface area contributed by atoms with Crippen molar-refractivity contribution in [1.29, 1.82) is 0 Å². The largest absolute Gasteiger partial charge is 0.382 e. The maximum Gasteiger partial charge on any atom is 0.122 e. The number of nitrogens with zero attached hydrogens (tertiary/aromatic N) is 2. The molecule has 106 valence electrons. The van der Waals surface area contributed by atoms with Crippen LogP contribution in [0.15, 0.2) is 71.8 Å². The molecular formula is C17H16N2OS. The van der Waals surface area contributed by atoms with Gasteiger partial charge in [-0.15, -0.1) is 11.8 Å². The van der Waals surface area contributed by atoms with Crippen LogP contribution in [0.1, 0.15) is 17.4 Å². The number of benzene rings is 2. The lowest BCUT2D eigenvalue weighted by Gasteiger charge is -2.16. The standard InChI is InChI=1S/C17H16N2OS/c1-21-16-10-6-5-9-14(16)17(20)15-11-12-18-19(15)13-7-3-2-4-8-13/h2-12,17,20H,1H3. The van der Waals surface area contributed by atoms with Gasteiger partial charge in [-0.05, 0) is 30.5 Å². The van der Waals surface area contributed by atoms with E-state index in [4.69, 9.17) is 0 Å². The number of para-hydroxylation sites is 1. The molecule has 0 saturated heterocycles. The quantitative estimate of drug-likeness (QED) is 0.746. The molecule has 0 aliphatic heterocycles. The molecule has 1 heterocycles. The second-order valence-electron chi connectivity index (χ2n) is 4.65. The molecule has 1 unspecified atom stereocenters. The molecular weight excluding hydrogens is 280 g/mol. The number of aliphatic hydroxyl groups is 1. The minimum absolute atomic E-state index is 0.698. The average molecular weight is 296 g/mol. The van der Waals surface area contributed by atoms with Gasteiger partial charge in [0.05, 0.1) is 11.4 Å². The SMILES string of the molecule is CSc1ccccc1C(O)c1ccnn1-c1ccccc1. The Labute approximate surface area is 128 Å². The highest BCUT2D eigenvalue weighted by Gasteiger charge is 2.18. The summed E-state index contributed by atoms with van der Waals surface area (Å²) in [7, 11) is 0. The van der Waals surface area contributed by atoms with Crippen LogP contribution in [0, 0.1) is 0 Å². The van der Waals surface area contributed by atoms with E-state index in [1.54, 1.807) is 22.6 Å². The molecule has 0 amide bonds. The second-order valence-corrected chi connectivity index (χ2v) is 5.50. The summed E-state index contributed by atoms with van der Waals surface area (Å²) in [6, 6.07) is 19.6. The van der Waals surface area contributed by atoms with Gasteiger partial charge in [0.15, 0.2) is 0 Å². The van der Waals surface area contributed by atoms with Gasteiger partial charge in [-0.25, -0.2) is 4.68 Å². The van der Waals surface area contributed by atoms with Crippen molar-refractivity contribution in [2.24, 2.45) is 0 Å². The Morgan fingerprint density at radius 2 is 1.71 bits per heavy atom. The average Bonchev–Trinajstić information content (AvgIpc) is 3.04. The smallest absolute Gasteiger partial charge is 0.122 e. The molecule has 21 heavy (non-hydrogen) atoms. The van der Waals surface area contributed by atoms with Crippen molar-refractivity contribution in [3.8, 4) is 5.69 Å². The zero-order chi connectivity index (χ0) is 14.7. The first-order valence-corrected chi connectivity index (χ1v) is 7.94. The highest BCUT2D eigenvalue weighted by atomic mass is 32.2. The number of rotatable bonds is 4. The topological polar surface area (TPSA) is 38.1 Å². The predicted octanol–water partition coefficient (Wildman–Crippen LogP) is 3.68. The highest BCUT2D eigenvalue weighted by molar-refractivity contribution is 7.98. The summed E-state index contributed by atoms with van der Waals surface area (Å²) < 4.78 is 1.78. The van der Waals surface area contributed by atoms with Gasteiger partial charge in [0, 0.05) is 16.7 Å². The number of hydrogen-bond donors (Lipinski definition) is 1. The maximum atomic E-state index is 10.8. The first-order valence-electron chi connectivity index (χ1n) is 6.71. The van der Waals surface area contributed by atoms with Gasteiger partial charge in [-0.3, -0.25) is 0 Å². The third-order valence-corrected chi connectivity index (χ3v) is 4.20. The molecule has 0 aliphatic rings. The van der Waals surface area contributed by atoms with Crippen LogP contribution in [0.25, 0.3) is 5.69 Å². The maximum absolute atomic E-state index is 10.8. The minimum Gasteiger partial charge on any atom is -0.382 e. The molecule has 1 N–H and O–H groups in total. The highest BCUT2D eigenvalue weighted by Crippen LogP contribution is 2.30. The van der Waals surface area contributed by atoms with Crippen molar-refractivity contribution in [1.82, 2.24) is 9.78 Å². The summed E-state index contributed by atoms with van der Waals surface area (Å²) in [5.41, 5.74) is 2.61. The van der Waals surface area contributed by atoms with E-state index in [1.165, 1.54) is 0 Å². The summed E-state index contributed by atoms with van der Waals surface area (Å²) >= 11 is 1.63. The van der Waals surface area contributed by atoms with E-state index in [2.05, 4.69) is 5.10 Å². The lowest BCUT2D eigenvalue weighted by atomic mass is 10.1. The zero-order valence-electron chi connectivity index (χ0n) is 11.7. The van der Waals surface area contributed by atoms with Gasteiger partial charge in [0.25, 0.3) is 0 Å². The van der Waals surface area contributed by atoms with Gasteiger partial charge < -0.3 is 5.11 Å². The molecule has 0 bridgehead atoms. The summed E-state index contributed by atoms with van der Waals surface area (Å²) in [6.07, 6.45) is 3.03. The first-order chi connectivity index (χ1) is 10.3. The lowest BCUT2D eigenvalue weighted by Crippen LogP contribution is -2.09. The van der Waals surface area contributed by atoms with E-state index in [-0.39, 0.29) is 0 Å². The van der Waals surface area contributed by atoms with Gasteiger partial charge in [0.2, 0.25) is 0 Å². The molecule has 0 saturated carbocycles. The summed E-state index contributed by atoms with van der Waals surface area (Å²) in [5, 5.41) is 15.1. The first kappa shape index (κ1) is 13.9. The van der Waals surface area contributed by atoms with Crippen molar-refractivity contribution in [3.05, 3.63) is 78.1 Å². The van der Waals surface area contributed by atoms with Gasteiger partial charge in [-0.2, -0.15) is 5.10 Å². The number of aliphatic hydroxyl groups excluding tert-OH is 1. The predicted molar refractivity (Wildman–Crippen MR) is 85.8 cm³/mol. The lowest BCUT2D eigenvalue weighted by molar-refractivity contribution is 0.209. The van der Waals surface area contributed by atoms with Crippen LogP contribution >= 0.6 is 11.8 Å². The van der Waals surface area contributed by atoms with Crippen LogP contribution in [0.5, 0.6) is 0 Å². The van der Waals surface area contributed by atoms with E-state index in [9.17, 15) is 5.11 Å². The molecule has 4 heteroatoms. The van der Waals surface area contributed by atoms with Crippen LogP contribution in [-0.4, -0.2) is 21.1 Å². The fourth-order valence-corrected chi connectivity index (χ4v) is 2.99. The van der Waals surface area contributed by atoms with E-state index in [0.717, 1.165) is 21.8 Å². The number of thioether (sulfide) groups is 1. The van der Waals surface area contributed by atoms with Crippen LogP contribution in [-0.2, 0) is 0 Å². The number of hydrogen-bond acceptors (Lipinski definition) is 3. The van der Waals surface area contributed by atoms with E-state index in [1.807, 2.05) is 66.9 Å². The van der Waals surface area contributed by atoms with Crippen molar-refractivity contribution in [3.63, 3.8) is 0 Å². The molecule has 3 nitrogen and oxygen atoms in total. The molecule has 0 fully saturated rings. The molecule has 1 aromatic heterocycles. The van der Waals surface area contributed by atoms with Gasteiger partial charge >= 0.3 is 0 Å². The molecule has 0 radical (unpaired) electrons. The molecule has 3 aromatic rings. The molecule has 0 spiro atoms. The monoisotopic (exact) mass is 296 g/mol. The third-order valence-electron chi connectivity index (χ3n) is 3.39. The normalized spacial score (nSPS) is 12.3. The Hall–Kier alpha value is -2.04. The molecule has 2 aromatic carbocycles. The second kappa shape index (κ2) is 6.16. The molecule has 0 aliphatic carbocycles. The fourth-order valence-electron chi connectivity index (χ4n) is 2.36. The van der Waals surface area contributed by atoms with Crippen LogP contribution in [0.2, 0.25) is 0 Å². The summed E-state index contributed by atoms with van der Waals surface area (Å²) in [6.45, 7) is 0. The van der Waals surface area contributed by atoms with Crippen molar-refractivity contribution in [2.75, 3.05) is 6.26 Å². The molecule has 3 rings (SSSR count). The van der Waals surface area contributed by atoms with Crippen LogP contribution < -0.4 is 0 Å². The minimum atomic E-state index is -0.698. The van der Waals surface area contributed by atoms with Gasteiger partial charge in [0.1, 0.15) is 6.10 Å². The Balaban J connectivity index is 2.04. The van der Waals surface area contributed by atoms with E-state index < -0.39 is 6.10 Å². The Morgan fingerprint density at radius 1 is 1.00 bits per heavy atom. The summed E-state index contributed by atoms with van der Waals surface area (Å²) in [4.78, 5) is 1.07. The van der Waals surface area contributed by atoms with E-state index >= 15 is 0 Å². The fraction of sp³-hybridized carbons (Fsp3) is 0.118. The van der Waals surface area contributed by atoms with Crippen molar-refractivity contribution >= 4 is 11.8 Å². The van der Waals surface area contributed by atoms with E-state index in [0.29, 0.717) is 0 Å². The third kappa shape index (κ3) is 2.73. The molecule has 1 atom stereocenters. The van der Waals surface area contributed by atoms with Crippen LogP contribution in [0.4, 0.5) is 0 Å². The Kier molecular flexibility index (Phi) is 4.08. The van der Waals surface area contributed by atoms with Crippen molar-refractivity contribution < 1.29 is 5.11 Å². The summed E-state index contributed by atoms with van der Waals surface area (Å²) in [5.74, 6) is 0. The van der Waals surface area contributed by atoms with Crippen LogP contribution in [0.3, 0.4) is 0 Å². The van der Waals surface area contributed by atoms with Gasteiger partial charge in [-0.1, -0.05) is 36.4 Å². The number of aromatic nitrogens is 2. The zero-order valence-corrected chi connectivity index (χ0v) is 12.5. The Bertz CT molecular complexity index is 724. The van der Waals surface area contributed by atoms with Crippen molar-refractivity contribution in [2.45, 2.75) is 11.0 Å². The Morgan fingerprint density at radius 3 is 2.48 bits per heavy atom.